The van der Waals surface area contributed by atoms with Crippen molar-refractivity contribution in [2.75, 3.05) is 6.54 Å². The Morgan fingerprint density at radius 2 is 1.81 bits per heavy atom. The van der Waals surface area contributed by atoms with E-state index in [9.17, 15) is 14.0 Å². The Balaban J connectivity index is 1.92. The van der Waals surface area contributed by atoms with Gasteiger partial charge in [0.25, 0.3) is 0 Å². The fraction of sp³-hybridized carbons (Fsp3) is 0.500. The van der Waals surface area contributed by atoms with E-state index in [0.717, 1.165) is 31.2 Å². The Kier molecular flexibility index (Phi) is 6.40. The number of benzene rings is 1. The number of carbonyl (C=O) groups excluding carboxylic acids is 2. The minimum absolute atomic E-state index is 0.234. The fourth-order valence-electron chi connectivity index (χ4n) is 3.00. The number of halogens is 1. The molecule has 2 rings (SSSR count). The van der Waals surface area contributed by atoms with Crippen molar-refractivity contribution in [2.24, 2.45) is 0 Å². The van der Waals surface area contributed by atoms with Crippen molar-refractivity contribution in [3.63, 3.8) is 0 Å². The van der Waals surface area contributed by atoms with Crippen molar-refractivity contribution in [3.8, 4) is 0 Å². The molecule has 0 aromatic heterocycles. The highest BCUT2D eigenvalue weighted by Gasteiger charge is 2.35. The molecule has 1 saturated carbocycles. The first-order chi connectivity index (χ1) is 12.2. The van der Waals surface area contributed by atoms with Gasteiger partial charge in [-0.15, -0.1) is 0 Å². The van der Waals surface area contributed by atoms with E-state index in [1.807, 2.05) is 0 Å². The van der Waals surface area contributed by atoms with Gasteiger partial charge in [-0.25, -0.2) is 9.18 Å². The third-order valence-electron chi connectivity index (χ3n) is 4.22. The largest absolute Gasteiger partial charge is 0.444 e. The van der Waals surface area contributed by atoms with Crippen LogP contribution in [0.1, 0.15) is 52.0 Å². The molecule has 0 unspecified atom stereocenters. The summed E-state index contributed by atoms with van der Waals surface area (Å²) in [7, 11) is 0. The van der Waals surface area contributed by atoms with Gasteiger partial charge in [-0.05, 0) is 57.4 Å². The molecule has 5 nitrogen and oxygen atoms in total. The molecule has 0 spiro atoms. The number of hydrogen-bond donors (Lipinski definition) is 2. The Morgan fingerprint density at radius 1 is 1.19 bits per heavy atom. The SMILES string of the molecule is CC(C)(C)OC(=O)NCC1(NC(=O)/C=C/c2ccc(F)cc2)CCCC1. The Morgan fingerprint density at radius 3 is 2.38 bits per heavy atom. The van der Waals surface area contributed by atoms with Crippen molar-refractivity contribution in [3.05, 3.63) is 41.7 Å². The van der Waals surface area contributed by atoms with Crippen molar-refractivity contribution in [1.82, 2.24) is 10.6 Å². The topological polar surface area (TPSA) is 67.4 Å². The molecule has 0 radical (unpaired) electrons. The lowest BCUT2D eigenvalue weighted by Crippen LogP contribution is -2.54. The summed E-state index contributed by atoms with van der Waals surface area (Å²) in [6.45, 7) is 5.75. The van der Waals surface area contributed by atoms with E-state index in [1.165, 1.54) is 18.2 Å². The normalized spacial score (nSPS) is 16.5. The summed E-state index contributed by atoms with van der Waals surface area (Å²) in [5, 5.41) is 5.79. The minimum atomic E-state index is -0.561. The number of hydrogen-bond acceptors (Lipinski definition) is 3. The van der Waals surface area contributed by atoms with Crippen LogP contribution in [0.2, 0.25) is 0 Å². The molecule has 142 valence electrons. The van der Waals surface area contributed by atoms with Gasteiger partial charge in [-0.1, -0.05) is 25.0 Å². The van der Waals surface area contributed by atoms with Crippen molar-refractivity contribution >= 4 is 18.1 Å². The van der Waals surface area contributed by atoms with Gasteiger partial charge < -0.3 is 15.4 Å². The quantitative estimate of drug-likeness (QED) is 0.783. The van der Waals surface area contributed by atoms with E-state index in [4.69, 9.17) is 4.74 Å². The average molecular weight is 362 g/mol. The lowest BCUT2D eigenvalue weighted by molar-refractivity contribution is -0.118. The molecule has 6 heteroatoms. The number of alkyl carbamates (subject to hydrolysis) is 1. The van der Waals surface area contributed by atoms with E-state index in [2.05, 4.69) is 10.6 Å². The summed E-state index contributed by atoms with van der Waals surface area (Å²) in [6, 6.07) is 5.91. The fourth-order valence-corrected chi connectivity index (χ4v) is 3.00. The molecule has 2 N–H and O–H groups in total. The molecular formula is C20H27FN2O3. The zero-order valence-corrected chi connectivity index (χ0v) is 15.6. The summed E-state index contributed by atoms with van der Waals surface area (Å²) in [6.07, 6.45) is 6.19. The van der Waals surface area contributed by atoms with Gasteiger partial charge >= 0.3 is 6.09 Å². The third kappa shape index (κ3) is 6.50. The van der Waals surface area contributed by atoms with Gasteiger partial charge in [-0.2, -0.15) is 0 Å². The van der Waals surface area contributed by atoms with Crippen LogP contribution in [-0.2, 0) is 9.53 Å². The second-order valence-electron chi connectivity index (χ2n) is 7.72. The van der Waals surface area contributed by atoms with Gasteiger partial charge in [0.05, 0.1) is 5.54 Å². The maximum Gasteiger partial charge on any atom is 0.407 e. The molecule has 0 atom stereocenters. The zero-order chi connectivity index (χ0) is 19.2. The Bertz CT molecular complexity index is 657. The maximum atomic E-state index is 12.9. The number of carbonyl (C=O) groups is 2. The molecule has 1 aliphatic rings. The van der Waals surface area contributed by atoms with E-state index in [0.29, 0.717) is 6.54 Å². The highest BCUT2D eigenvalue weighted by atomic mass is 19.1. The summed E-state index contributed by atoms with van der Waals surface area (Å²) in [5.41, 5.74) is -0.274. The maximum absolute atomic E-state index is 12.9. The summed E-state index contributed by atoms with van der Waals surface area (Å²) in [5.74, 6) is -0.549. The van der Waals surface area contributed by atoms with Crippen LogP contribution in [0.25, 0.3) is 6.08 Å². The molecule has 26 heavy (non-hydrogen) atoms. The summed E-state index contributed by atoms with van der Waals surface area (Å²) in [4.78, 5) is 24.2. The van der Waals surface area contributed by atoms with Crippen LogP contribution < -0.4 is 10.6 Å². The van der Waals surface area contributed by atoms with Crippen molar-refractivity contribution in [1.29, 1.82) is 0 Å². The zero-order valence-electron chi connectivity index (χ0n) is 15.6. The molecule has 1 aromatic rings. The van der Waals surface area contributed by atoms with Gasteiger partial charge in [0, 0.05) is 12.6 Å². The number of nitrogens with one attached hydrogen (secondary N) is 2. The smallest absolute Gasteiger partial charge is 0.407 e. The van der Waals surface area contributed by atoms with Crippen LogP contribution in [0.15, 0.2) is 30.3 Å². The van der Waals surface area contributed by atoms with Gasteiger partial charge in [0.1, 0.15) is 11.4 Å². The second kappa shape index (κ2) is 8.34. The average Bonchev–Trinajstić information content (AvgIpc) is 3.00. The Hall–Kier alpha value is -2.37. The molecule has 0 saturated heterocycles. The lowest BCUT2D eigenvalue weighted by Gasteiger charge is -2.30. The van der Waals surface area contributed by atoms with E-state index >= 15 is 0 Å². The number of amides is 2. The molecular weight excluding hydrogens is 335 g/mol. The minimum Gasteiger partial charge on any atom is -0.444 e. The number of rotatable bonds is 5. The molecule has 0 bridgehead atoms. The molecule has 1 aliphatic carbocycles. The van der Waals surface area contributed by atoms with Crippen LogP contribution in [0.3, 0.4) is 0 Å². The van der Waals surface area contributed by atoms with Crippen molar-refractivity contribution < 1.29 is 18.7 Å². The number of ether oxygens (including phenoxy) is 1. The van der Waals surface area contributed by atoms with E-state index < -0.39 is 17.2 Å². The van der Waals surface area contributed by atoms with Gasteiger partial charge in [0.15, 0.2) is 0 Å². The van der Waals surface area contributed by atoms with Gasteiger partial charge in [0.2, 0.25) is 5.91 Å². The standard InChI is InChI=1S/C20H27FN2O3/c1-19(2,3)26-18(25)22-14-20(12-4-5-13-20)23-17(24)11-8-15-6-9-16(21)10-7-15/h6-11H,4-5,12-14H2,1-3H3,(H,22,25)(H,23,24)/b11-8+. The van der Waals surface area contributed by atoms with Crippen LogP contribution >= 0.6 is 0 Å². The van der Waals surface area contributed by atoms with Gasteiger partial charge in [-0.3, -0.25) is 4.79 Å². The van der Waals surface area contributed by atoms with Crippen LogP contribution in [-0.4, -0.2) is 29.7 Å². The molecule has 0 aliphatic heterocycles. The predicted molar refractivity (Wildman–Crippen MR) is 99.0 cm³/mol. The third-order valence-corrected chi connectivity index (χ3v) is 4.22. The highest BCUT2D eigenvalue weighted by Crippen LogP contribution is 2.29. The van der Waals surface area contributed by atoms with Crippen LogP contribution in [0.4, 0.5) is 9.18 Å². The highest BCUT2D eigenvalue weighted by molar-refractivity contribution is 5.92. The van der Waals surface area contributed by atoms with E-state index in [1.54, 1.807) is 39.0 Å². The van der Waals surface area contributed by atoms with Crippen LogP contribution in [0, 0.1) is 5.82 Å². The lowest BCUT2D eigenvalue weighted by atomic mass is 9.97. The second-order valence-corrected chi connectivity index (χ2v) is 7.72. The molecule has 0 heterocycles. The first-order valence-corrected chi connectivity index (χ1v) is 8.90. The van der Waals surface area contributed by atoms with E-state index in [-0.39, 0.29) is 11.7 Å². The first-order valence-electron chi connectivity index (χ1n) is 8.90. The van der Waals surface area contributed by atoms with Crippen molar-refractivity contribution in [2.45, 2.75) is 57.6 Å². The monoisotopic (exact) mass is 362 g/mol. The summed E-state index contributed by atoms with van der Waals surface area (Å²) < 4.78 is 18.2. The molecule has 1 fully saturated rings. The van der Waals surface area contributed by atoms with Crippen LogP contribution in [0.5, 0.6) is 0 Å². The summed E-state index contributed by atoms with van der Waals surface area (Å²) >= 11 is 0. The first kappa shape index (κ1) is 19.9. The molecule has 2 amide bonds. The Labute approximate surface area is 154 Å². The predicted octanol–water partition coefficient (Wildman–Crippen LogP) is 3.79. The molecule has 1 aromatic carbocycles.